The third-order valence-corrected chi connectivity index (χ3v) is 3.69. The van der Waals surface area contributed by atoms with Crippen molar-refractivity contribution in [2.75, 3.05) is 6.61 Å². The molecule has 2 aliphatic rings. The fourth-order valence-corrected chi connectivity index (χ4v) is 3.09. The van der Waals surface area contributed by atoms with Gasteiger partial charge in [-0.05, 0) is 13.8 Å². The van der Waals surface area contributed by atoms with E-state index in [9.17, 15) is 4.79 Å². The minimum Gasteiger partial charge on any atom is -0.458 e. The maximum Gasteiger partial charge on any atom is 0.307 e. The first-order chi connectivity index (χ1) is 7.35. The lowest BCUT2D eigenvalue weighted by Gasteiger charge is -2.43. The Bertz CT molecular complexity index is 342. The van der Waals surface area contributed by atoms with Crippen molar-refractivity contribution in [3.63, 3.8) is 0 Å². The number of hydrogen-bond acceptors (Lipinski definition) is 4. The summed E-state index contributed by atoms with van der Waals surface area (Å²) >= 11 is 5.04. The van der Waals surface area contributed by atoms with Gasteiger partial charge in [0.2, 0.25) is 0 Å². The van der Waals surface area contributed by atoms with Gasteiger partial charge in [-0.3, -0.25) is 4.79 Å². The number of carbonyl (C=O) groups is 1. The Hall–Kier alpha value is -0.680. The molecule has 16 heavy (non-hydrogen) atoms. The normalized spacial score (nSPS) is 37.4. The Morgan fingerprint density at radius 3 is 2.81 bits per heavy atom. The molecule has 90 valence electrons. The lowest BCUT2D eigenvalue weighted by atomic mass is 9.75. The van der Waals surface area contributed by atoms with Gasteiger partial charge in [0.05, 0.1) is 29.5 Å². The largest absolute Gasteiger partial charge is 0.458 e. The van der Waals surface area contributed by atoms with Crippen molar-refractivity contribution in [3.05, 3.63) is 0 Å². The first-order valence-corrected chi connectivity index (χ1v) is 5.91. The van der Waals surface area contributed by atoms with Gasteiger partial charge in [-0.25, -0.2) is 0 Å². The number of ether oxygens (including phenoxy) is 2. The van der Waals surface area contributed by atoms with E-state index in [1.807, 2.05) is 13.8 Å². The molecule has 2 fully saturated rings. The SMILES string of the molecule is CC1(C)C[C@@]2(CCO1)OC(=O)C[C@@H]2C(N)=S. The summed E-state index contributed by atoms with van der Waals surface area (Å²) in [5.74, 6) is -0.339. The number of esters is 1. The van der Waals surface area contributed by atoms with Crippen molar-refractivity contribution in [2.45, 2.75) is 44.3 Å². The topological polar surface area (TPSA) is 61.5 Å². The zero-order valence-corrected chi connectivity index (χ0v) is 10.4. The van der Waals surface area contributed by atoms with Gasteiger partial charge in [-0.1, -0.05) is 12.2 Å². The Kier molecular flexibility index (Phi) is 2.70. The highest BCUT2D eigenvalue weighted by Gasteiger charge is 2.54. The molecule has 0 amide bonds. The molecule has 2 atom stereocenters. The van der Waals surface area contributed by atoms with E-state index in [1.165, 1.54) is 0 Å². The molecule has 2 N–H and O–H groups in total. The van der Waals surface area contributed by atoms with E-state index in [0.717, 1.165) is 0 Å². The summed E-state index contributed by atoms with van der Waals surface area (Å²) in [7, 11) is 0. The summed E-state index contributed by atoms with van der Waals surface area (Å²) in [6, 6.07) is 0. The maximum absolute atomic E-state index is 11.5. The molecule has 4 nitrogen and oxygen atoms in total. The molecule has 2 heterocycles. The van der Waals surface area contributed by atoms with E-state index in [2.05, 4.69) is 0 Å². The fraction of sp³-hybridized carbons (Fsp3) is 0.818. The van der Waals surface area contributed by atoms with Crippen LogP contribution in [0.1, 0.15) is 33.1 Å². The number of hydrogen-bond donors (Lipinski definition) is 1. The molecular formula is C11H17NO3S. The van der Waals surface area contributed by atoms with Gasteiger partial charge < -0.3 is 15.2 Å². The van der Waals surface area contributed by atoms with Crippen molar-refractivity contribution in [3.8, 4) is 0 Å². The predicted octanol–water partition coefficient (Wildman–Crippen LogP) is 1.16. The number of thiocarbonyl (C=S) groups is 1. The van der Waals surface area contributed by atoms with E-state index < -0.39 is 5.60 Å². The minimum atomic E-state index is -0.523. The number of carbonyl (C=O) groups excluding carboxylic acids is 1. The van der Waals surface area contributed by atoms with Crippen LogP contribution in [0.4, 0.5) is 0 Å². The third kappa shape index (κ3) is 1.94. The van der Waals surface area contributed by atoms with Gasteiger partial charge in [-0.2, -0.15) is 0 Å². The minimum absolute atomic E-state index is 0.141. The molecule has 0 radical (unpaired) electrons. The fourth-order valence-electron chi connectivity index (χ4n) is 2.80. The van der Waals surface area contributed by atoms with Crippen LogP contribution < -0.4 is 5.73 Å². The predicted molar refractivity (Wildman–Crippen MR) is 63.0 cm³/mol. The van der Waals surface area contributed by atoms with E-state index in [0.29, 0.717) is 30.9 Å². The second-order valence-corrected chi connectivity index (χ2v) is 5.70. The second-order valence-electron chi connectivity index (χ2n) is 5.23. The van der Waals surface area contributed by atoms with Crippen molar-refractivity contribution in [2.24, 2.45) is 11.7 Å². The van der Waals surface area contributed by atoms with Crippen LogP contribution in [-0.4, -0.2) is 28.8 Å². The number of nitrogens with two attached hydrogens (primary N) is 1. The standard InChI is InChI=1S/C11H17NO3S/c1-10(2)6-11(3-4-14-10)7(9(12)16)5-8(13)15-11/h7H,3-6H2,1-2H3,(H2,12,16)/t7-,11-/m1/s1. The Labute approximate surface area is 100 Å². The van der Waals surface area contributed by atoms with Crippen LogP contribution in [0.2, 0.25) is 0 Å². The van der Waals surface area contributed by atoms with Crippen LogP contribution in [0.5, 0.6) is 0 Å². The lowest BCUT2D eigenvalue weighted by molar-refractivity contribution is -0.174. The Morgan fingerprint density at radius 1 is 1.56 bits per heavy atom. The molecule has 0 aromatic carbocycles. The van der Waals surface area contributed by atoms with Gasteiger partial charge in [0.25, 0.3) is 0 Å². The molecule has 2 rings (SSSR count). The average molecular weight is 243 g/mol. The average Bonchev–Trinajstić information content (AvgIpc) is 2.40. The molecule has 0 aliphatic carbocycles. The summed E-state index contributed by atoms with van der Waals surface area (Å²) in [5.41, 5.74) is 4.90. The monoisotopic (exact) mass is 243 g/mol. The Morgan fingerprint density at radius 2 is 2.25 bits per heavy atom. The van der Waals surface area contributed by atoms with Crippen LogP contribution in [0, 0.1) is 5.92 Å². The van der Waals surface area contributed by atoms with Crippen molar-refractivity contribution in [1.82, 2.24) is 0 Å². The van der Waals surface area contributed by atoms with Crippen molar-refractivity contribution < 1.29 is 14.3 Å². The molecule has 0 aromatic heterocycles. The summed E-state index contributed by atoms with van der Waals surface area (Å²) in [5, 5.41) is 0. The van der Waals surface area contributed by atoms with E-state index in [1.54, 1.807) is 0 Å². The molecule has 1 spiro atoms. The summed E-state index contributed by atoms with van der Waals surface area (Å²) in [6.45, 7) is 4.58. The van der Waals surface area contributed by atoms with Crippen LogP contribution in [0.25, 0.3) is 0 Å². The van der Waals surface area contributed by atoms with Gasteiger partial charge in [0.1, 0.15) is 5.60 Å². The lowest BCUT2D eigenvalue weighted by Crippen LogP contribution is -2.51. The maximum atomic E-state index is 11.5. The highest BCUT2D eigenvalue weighted by Crippen LogP contribution is 2.45. The van der Waals surface area contributed by atoms with Crippen molar-refractivity contribution in [1.29, 1.82) is 0 Å². The van der Waals surface area contributed by atoms with Crippen LogP contribution >= 0.6 is 12.2 Å². The molecular weight excluding hydrogens is 226 g/mol. The van der Waals surface area contributed by atoms with E-state index in [4.69, 9.17) is 27.4 Å². The smallest absolute Gasteiger partial charge is 0.307 e. The van der Waals surface area contributed by atoms with Crippen molar-refractivity contribution >= 4 is 23.2 Å². The quantitative estimate of drug-likeness (QED) is 0.553. The van der Waals surface area contributed by atoms with Crippen LogP contribution in [0.3, 0.4) is 0 Å². The zero-order valence-electron chi connectivity index (χ0n) is 9.62. The van der Waals surface area contributed by atoms with Gasteiger partial charge in [0, 0.05) is 12.8 Å². The van der Waals surface area contributed by atoms with E-state index >= 15 is 0 Å². The summed E-state index contributed by atoms with van der Waals surface area (Å²) in [6.07, 6.45) is 1.66. The van der Waals surface area contributed by atoms with E-state index in [-0.39, 0.29) is 17.5 Å². The van der Waals surface area contributed by atoms with Gasteiger partial charge in [0.15, 0.2) is 0 Å². The van der Waals surface area contributed by atoms with Gasteiger partial charge >= 0.3 is 5.97 Å². The highest BCUT2D eigenvalue weighted by molar-refractivity contribution is 7.80. The zero-order chi connectivity index (χ0) is 12.0. The molecule has 5 heteroatoms. The molecule has 0 aromatic rings. The van der Waals surface area contributed by atoms with Crippen LogP contribution in [-0.2, 0) is 14.3 Å². The van der Waals surface area contributed by atoms with Gasteiger partial charge in [-0.15, -0.1) is 0 Å². The molecule has 0 bridgehead atoms. The Balaban J connectivity index is 2.28. The second kappa shape index (κ2) is 3.67. The molecule has 2 saturated heterocycles. The molecule has 0 saturated carbocycles. The number of rotatable bonds is 1. The summed E-state index contributed by atoms with van der Waals surface area (Å²) < 4.78 is 11.2. The summed E-state index contributed by atoms with van der Waals surface area (Å²) in [4.78, 5) is 11.8. The first kappa shape index (κ1) is 11.8. The van der Waals surface area contributed by atoms with Crippen LogP contribution in [0.15, 0.2) is 0 Å². The third-order valence-electron chi connectivity index (χ3n) is 3.41. The first-order valence-electron chi connectivity index (χ1n) is 5.50. The molecule has 2 aliphatic heterocycles. The molecule has 0 unspecified atom stereocenters. The highest BCUT2D eigenvalue weighted by atomic mass is 32.1.